The van der Waals surface area contributed by atoms with Gasteiger partial charge in [0.15, 0.2) is 0 Å². The molecule has 0 aliphatic heterocycles. The van der Waals surface area contributed by atoms with Gasteiger partial charge in [0.05, 0.1) is 6.61 Å². The highest BCUT2D eigenvalue weighted by atomic mass is 16.6. The molecule has 0 fully saturated rings. The molecule has 0 spiro atoms. The number of anilines is 1. The number of methoxy groups -OCH3 is 1. The third-order valence-electron chi connectivity index (χ3n) is 1.98. The van der Waals surface area contributed by atoms with E-state index in [0.29, 0.717) is 6.61 Å². The van der Waals surface area contributed by atoms with Crippen LogP contribution in [0, 0.1) is 0 Å². The number of carbonyl (C=O) groups excluding carboxylic acids is 1. The summed E-state index contributed by atoms with van der Waals surface area (Å²) in [4.78, 5) is 11.3. The Morgan fingerprint density at radius 1 is 1.29 bits per heavy atom. The number of allylic oxidation sites excluding steroid dienone is 1. The number of benzene rings is 1. The van der Waals surface area contributed by atoms with E-state index in [1.807, 2.05) is 37.3 Å². The Bertz CT molecular complexity index is 374. The fourth-order valence-electron chi connectivity index (χ4n) is 1.23. The predicted octanol–water partition coefficient (Wildman–Crippen LogP) is 2.19. The zero-order valence-corrected chi connectivity index (χ0v) is 10.1. The highest BCUT2D eigenvalue weighted by Crippen LogP contribution is 2.08. The number of nitrogens with one attached hydrogen (secondary N) is 1. The molecule has 0 amide bonds. The molecule has 1 N–H and O–H groups in total. The fraction of sp³-hybridized carbons (Fsp3) is 0.308. The van der Waals surface area contributed by atoms with Gasteiger partial charge in [0.1, 0.15) is 6.61 Å². The van der Waals surface area contributed by atoms with Crippen molar-refractivity contribution in [2.45, 2.75) is 6.92 Å². The average molecular weight is 235 g/mol. The van der Waals surface area contributed by atoms with Crippen LogP contribution in [0.2, 0.25) is 0 Å². The Balaban J connectivity index is 2.41. The molecule has 17 heavy (non-hydrogen) atoms. The number of hydrogen-bond acceptors (Lipinski definition) is 4. The molecule has 0 heterocycles. The van der Waals surface area contributed by atoms with Gasteiger partial charge in [0, 0.05) is 24.6 Å². The van der Waals surface area contributed by atoms with Crippen LogP contribution < -0.4 is 5.32 Å². The highest BCUT2D eigenvalue weighted by molar-refractivity contribution is 5.83. The molecular formula is C13H17NO3. The zero-order valence-electron chi connectivity index (χ0n) is 10.1. The summed E-state index contributed by atoms with van der Waals surface area (Å²) in [5, 5.41) is 3.09. The van der Waals surface area contributed by atoms with Crippen molar-refractivity contribution in [2.24, 2.45) is 0 Å². The van der Waals surface area contributed by atoms with Crippen molar-refractivity contribution in [3.8, 4) is 0 Å². The summed E-state index contributed by atoms with van der Waals surface area (Å²) in [6, 6.07) is 9.63. The molecule has 0 unspecified atom stereocenters. The van der Waals surface area contributed by atoms with Gasteiger partial charge in [-0.1, -0.05) is 18.2 Å². The van der Waals surface area contributed by atoms with Crippen molar-refractivity contribution >= 4 is 11.7 Å². The molecule has 1 aromatic rings. The van der Waals surface area contributed by atoms with Gasteiger partial charge >= 0.3 is 5.97 Å². The van der Waals surface area contributed by atoms with E-state index < -0.39 is 0 Å². The van der Waals surface area contributed by atoms with Crippen molar-refractivity contribution in [3.05, 3.63) is 42.1 Å². The first-order chi connectivity index (χ1) is 8.22. The third-order valence-corrected chi connectivity index (χ3v) is 1.98. The zero-order chi connectivity index (χ0) is 12.5. The summed E-state index contributed by atoms with van der Waals surface area (Å²) in [6.07, 6.45) is 1.42. The first-order valence-corrected chi connectivity index (χ1v) is 5.38. The second-order valence-corrected chi connectivity index (χ2v) is 3.48. The molecule has 0 bridgehead atoms. The minimum atomic E-state index is -0.372. The molecule has 4 heteroatoms. The van der Waals surface area contributed by atoms with E-state index >= 15 is 0 Å². The van der Waals surface area contributed by atoms with E-state index in [-0.39, 0.29) is 12.6 Å². The SMILES string of the molecule is COCCOC(=O)C=C(C)Nc1ccccc1. The van der Waals surface area contributed by atoms with Crippen molar-refractivity contribution in [3.63, 3.8) is 0 Å². The van der Waals surface area contributed by atoms with E-state index in [4.69, 9.17) is 9.47 Å². The van der Waals surface area contributed by atoms with Crippen LogP contribution in [-0.4, -0.2) is 26.3 Å². The molecule has 0 saturated carbocycles. The van der Waals surface area contributed by atoms with E-state index in [9.17, 15) is 4.79 Å². The van der Waals surface area contributed by atoms with Gasteiger partial charge in [0.25, 0.3) is 0 Å². The van der Waals surface area contributed by atoms with Gasteiger partial charge in [-0.15, -0.1) is 0 Å². The second kappa shape index (κ2) is 7.46. The largest absolute Gasteiger partial charge is 0.460 e. The normalized spacial score (nSPS) is 11.1. The van der Waals surface area contributed by atoms with Crippen molar-refractivity contribution < 1.29 is 14.3 Å². The monoisotopic (exact) mass is 235 g/mol. The molecule has 0 aromatic heterocycles. The summed E-state index contributed by atoms with van der Waals surface area (Å²) >= 11 is 0. The Morgan fingerprint density at radius 3 is 2.65 bits per heavy atom. The van der Waals surface area contributed by atoms with E-state index in [1.165, 1.54) is 6.08 Å². The lowest BCUT2D eigenvalue weighted by Gasteiger charge is -2.06. The molecule has 0 saturated heterocycles. The summed E-state index contributed by atoms with van der Waals surface area (Å²) in [6.45, 7) is 2.49. The molecule has 0 radical (unpaired) electrons. The number of esters is 1. The number of hydrogen-bond donors (Lipinski definition) is 1. The number of para-hydroxylation sites is 1. The lowest BCUT2D eigenvalue weighted by molar-refractivity contribution is -0.139. The fourth-order valence-corrected chi connectivity index (χ4v) is 1.23. The smallest absolute Gasteiger partial charge is 0.332 e. The second-order valence-electron chi connectivity index (χ2n) is 3.48. The van der Waals surface area contributed by atoms with Gasteiger partial charge in [0.2, 0.25) is 0 Å². The maximum absolute atomic E-state index is 11.3. The summed E-state index contributed by atoms with van der Waals surface area (Å²) < 4.78 is 9.69. The van der Waals surface area contributed by atoms with Crippen LogP contribution in [0.5, 0.6) is 0 Å². The van der Waals surface area contributed by atoms with Crippen LogP contribution in [0.4, 0.5) is 5.69 Å². The van der Waals surface area contributed by atoms with Crippen LogP contribution in [0.1, 0.15) is 6.92 Å². The molecule has 4 nitrogen and oxygen atoms in total. The first-order valence-electron chi connectivity index (χ1n) is 5.38. The van der Waals surface area contributed by atoms with Gasteiger partial charge in [-0.25, -0.2) is 4.79 Å². The average Bonchev–Trinajstić information content (AvgIpc) is 2.30. The summed E-state index contributed by atoms with van der Waals surface area (Å²) in [5.41, 5.74) is 1.67. The van der Waals surface area contributed by atoms with Gasteiger partial charge in [-0.2, -0.15) is 0 Å². The molecule has 0 aliphatic carbocycles. The maximum Gasteiger partial charge on any atom is 0.332 e. The summed E-state index contributed by atoms with van der Waals surface area (Å²) in [5.74, 6) is -0.372. The van der Waals surface area contributed by atoms with Crippen LogP contribution in [0.25, 0.3) is 0 Å². The third kappa shape index (κ3) is 5.73. The van der Waals surface area contributed by atoms with Gasteiger partial charge in [-0.05, 0) is 19.1 Å². The van der Waals surface area contributed by atoms with E-state index in [1.54, 1.807) is 7.11 Å². The topological polar surface area (TPSA) is 47.6 Å². The summed E-state index contributed by atoms with van der Waals surface area (Å²) in [7, 11) is 1.56. The lowest BCUT2D eigenvalue weighted by atomic mass is 10.3. The highest BCUT2D eigenvalue weighted by Gasteiger charge is 1.99. The van der Waals surface area contributed by atoms with Crippen LogP contribution in [-0.2, 0) is 14.3 Å². The van der Waals surface area contributed by atoms with Crippen LogP contribution >= 0.6 is 0 Å². The lowest BCUT2D eigenvalue weighted by Crippen LogP contribution is -2.08. The van der Waals surface area contributed by atoms with Gasteiger partial charge < -0.3 is 14.8 Å². The molecule has 0 atom stereocenters. The Hall–Kier alpha value is -1.81. The number of rotatable bonds is 6. The molecule has 0 aliphatic rings. The van der Waals surface area contributed by atoms with Crippen LogP contribution in [0.3, 0.4) is 0 Å². The Morgan fingerprint density at radius 2 is 2.00 bits per heavy atom. The Kier molecular flexibility index (Phi) is 5.82. The molecule has 1 aromatic carbocycles. The quantitative estimate of drug-likeness (QED) is 0.466. The van der Waals surface area contributed by atoms with Crippen molar-refractivity contribution in [2.75, 3.05) is 25.6 Å². The number of carbonyl (C=O) groups is 1. The molecule has 92 valence electrons. The maximum atomic E-state index is 11.3. The van der Waals surface area contributed by atoms with Gasteiger partial charge in [-0.3, -0.25) is 0 Å². The molecular weight excluding hydrogens is 218 g/mol. The van der Waals surface area contributed by atoms with Crippen molar-refractivity contribution in [1.29, 1.82) is 0 Å². The standard InChI is InChI=1S/C13H17NO3/c1-11(10-13(15)17-9-8-16-2)14-12-6-4-3-5-7-12/h3-7,10,14H,8-9H2,1-2H3. The van der Waals surface area contributed by atoms with E-state index in [2.05, 4.69) is 5.32 Å². The first kappa shape index (κ1) is 13.3. The number of ether oxygens (including phenoxy) is 2. The molecule has 1 rings (SSSR count). The minimum absolute atomic E-state index is 0.268. The van der Waals surface area contributed by atoms with Crippen molar-refractivity contribution in [1.82, 2.24) is 0 Å². The predicted molar refractivity (Wildman–Crippen MR) is 66.7 cm³/mol. The minimum Gasteiger partial charge on any atom is -0.460 e. The Labute approximate surface area is 101 Å². The van der Waals surface area contributed by atoms with E-state index in [0.717, 1.165) is 11.4 Å². The van der Waals surface area contributed by atoms with Crippen LogP contribution in [0.15, 0.2) is 42.1 Å².